The van der Waals surface area contributed by atoms with Gasteiger partial charge in [0.25, 0.3) is 0 Å². The lowest BCUT2D eigenvalue weighted by Crippen LogP contribution is -2.39. The number of carboxylic acids is 1. The van der Waals surface area contributed by atoms with E-state index in [1.165, 1.54) is 26.5 Å². The lowest BCUT2D eigenvalue weighted by Gasteiger charge is -2.30. The number of carboxylic acid groups (broad SMARTS) is 1. The summed E-state index contributed by atoms with van der Waals surface area (Å²) >= 11 is 3.60. The zero-order valence-electron chi connectivity index (χ0n) is 15.3. The van der Waals surface area contributed by atoms with Crippen molar-refractivity contribution in [2.24, 2.45) is 5.92 Å². The lowest BCUT2D eigenvalue weighted by atomic mass is 9.98. The van der Waals surface area contributed by atoms with Gasteiger partial charge in [0.15, 0.2) is 0 Å². The van der Waals surface area contributed by atoms with Crippen molar-refractivity contribution in [1.82, 2.24) is 4.90 Å². The standard InChI is InChI=1S/C20H25NO2S2.H2O/c1-14-7-11-24-18(14)17(19-15(2)8-12-25-19)6-4-10-21-9-3-5-16(13-21)20(22)23;/h6-8,11-12,16H,3-5,9-10,13H2,1-2H3,(H,22,23);1H2. The third-order valence-electron chi connectivity index (χ3n) is 4.86. The monoisotopic (exact) mass is 393 g/mol. The molecule has 0 spiro atoms. The average Bonchev–Trinajstić information content (AvgIpc) is 3.21. The van der Waals surface area contributed by atoms with Gasteiger partial charge in [0, 0.05) is 28.4 Å². The summed E-state index contributed by atoms with van der Waals surface area (Å²) in [6.07, 6.45) is 5.11. The predicted molar refractivity (Wildman–Crippen MR) is 110 cm³/mol. The first kappa shape index (κ1) is 20.8. The second-order valence-corrected chi connectivity index (χ2v) is 8.58. The molecule has 26 heavy (non-hydrogen) atoms. The fourth-order valence-electron chi connectivity index (χ4n) is 3.44. The Hall–Kier alpha value is -1.47. The highest BCUT2D eigenvalue weighted by molar-refractivity contribution is 7.14. The Kier molecular flexibility index (Phi) is 7.58. The molecule has 4 nitrogen and oxygen atoms in total. The maximum Gasteiger partial charge on any atom is 0.307 e. The van der Waals surface area contributed by atoms with Crippen molar-refractivity contribution in [2.75, 3.05) is 19.6 Å². The Balaban J connectivity index is 0.00000243. The number of thiophene rings is 2. The molecular weight excluding hydrogens is 366 g/mol. The Morgan fingerprint density at radius 1 is 1.23 bits per heavy atom. The molecule has 142 valence electrons. The van der Waals surface area contributed by atoms with Gasteiger partial charge in [-0.3, -0.25) is 4.79 Å². The van der Waals surface area contributed by atoms with Gasteiger partial charge in [0.2, 0.25) is 0 Å². The van der Waals surface area contributed by atoms with Crippen molar-refractivity contribution in [3.63, 3.8) is 0 Å². The molecule has 6 heteroatoms. The SMILES string of the molecule is Cc1ccsc1C(=CCCN1CCCC(C(=O)O)C1)c1sccc1C.O. The van der Waals surface area contributed by atoms with Crippen LogP contribution in [0.5, 0.6) is 0 Å². The van der Waals surface area contributed by atoms with Crippen LogP contribution in [0.3, 0.4) is 0 Å². The lowest BCUT2D eigenvalue weighted by molar-refractivity contribution is -0.143. The maximum absolute atomic E-state index is 11.2. The molecule has 2 aromatic heterocycles. The second-order valence-electron chi connectivity index (χ2n) is 6.75. The van der Waals surface area contributed by atoms with Gasteiger partial charge in [-0.2, -0.15) is 0 Å². The van der Waals surface area contributed by atoms with Crippen LogP contribution in [0.25, 0.3) is 5.57 Å². The smallest absolute Gasteiger partial charge is 0.307 e. The summed E-state index contributed by atoms with van der Waals surface area (Å²) in [5.74, 6) is -0.847. The number of aryl methyl sites for hydroxylation is 2. The fraction of sp³-hybridized carbons (Fsp3) is 0.450. The fourth-order valence-corrected chi connectivity index (χ4v) is 5.45. The van der Waals surface area contributed by atoms with E-state index in [1.54, 1.807) is 22.7 Å². The van der Waals surface area contributed by atoms with Gasteiger partial charge >= 0.3 is 5.97 Å². The highest BCUT2D eigenvalue weighted by Gasteiger charge is 2.24. The molecule has 0 amide bonds. The third kappa shape index (κ3) is 4.82. The van der Waals surface area contributed by atoms with E-state index in [4.69, 9.17) is 0 Å². The number of aliphatic carboxylic acids is 1. The van der Waals surface area contributed by atoms with Crippen molar-refractivity contribution in [1.29, 1.82) is 0 Å². The molecule has 1 unspecified atom stereocenters. The first-order valence-electron chi connectivity index (χ1n) is 8.80. The van der Waals surface area contributed by atoms with Crippen molar-refractivity contribution >= 4 is 34.2 Å². The minimum atomic E-state index is -0.649. The van der Waals surface area contributed by atoms with E-state index in [1.807, 2.05) is 0 Å². The number of hydrogen-bond acceptors (Lipinski definition) is 4. The van der Waals surface area contributed by atoms with Gasteiger partial charge < -0.3 is 15.5 Å². The van der Waals surface area contributed by atoms with Crippen LogP contribution in [0.15, 0.2) is 29.0 Å². The van der Waals surface area contributed by atoms with Gasteiger partial charge in [-0.25, -0.2) is 0 Å². The molecule has 0 radical (unpaired) electrons. The van der Waals surface area contributed by atoms with Crippen LogP contribution in [0.4, 0.5) is 0 Å². The van der Waals surface area contributed by atoms with E-state index in [9.17, 15) is 9.90 Å². The summed E-state index contributed by atoms with van der Waals surface area (Å²) in [6.45, 7) is 6.98. The van der Waals surface area contributed by atoms with E-state index in [2.05, 4.69) is 47.7 Å². The summed E-state index contributed by atoms with van der Waals surface area (Å²) in [7, 11) is 0. The Morgan fingerprint density at radius 2 is 1.85 bits per heavy atom. The van der Waals surface area contributed by atoms with Crippen molar-refractivity contribution < 1.29 is 15.4 Å². The van der Waals surface area contributed by atoms with E-state index < -0.39 is 5.97 Å². The number of piperidine rings is 1. The normalized spacial score (nSPS) is 17.5. The second kappa shape index (κ2) is 9.46. The van der Waals surface area contributed by atoms with Crippen LogP contribution in [0, 0.1) is 19.8 Å². The van der Waals surface area contributed by atoms with Gasteiger partial charge in [0.05, 0.1) is 5.92 Å². The van der Waals surface area contributed by atoms with Gasteiger partial charge in [-0.05, 0) is 73.7 Å². The molecule has 2 aromatic rings. The zero-order valence-corrected chi connectivity index (χ0v) is 17.0. The largest absolute Gasteiger partial charge is 0.481 e. The van der Waals surface area contributed by atoms with Gasteiger partial charge in [-0.1, -0.05) is 6.08 Å². The minimum Gasteiger partial charge on any atom is -0.481 e. The Morgan fingerprint density at radius 3 is 2.35 bits per heavy atom. The van der Waals surface area contributed by atoms with Crippen LogP contribution < -0.4 is 0 Å². The molecule has 1 aliphatic heterocycles. The summed E-state index contributed by atoms with van der Waals surface area (Å²) in [4.78, 5) is 16.2. The molecule has 3 rings (SSSR count). The van der Waals surface area contributed by atoms with Crippen molar-refractivity contribution in [3.8, 4) is 0 Å². The van der Waals surface area contributed by atoms with E-state index in [0.717, 1.165) is 32.4 Å². The number of likely N-dealkylation sites (tertiary alicyclic amines) is 1. The van der Waals surface area contributed by atoms with Crippen LogP contribution in [-0.4, -0.2) is 41.1 Å². The number of carbonyl (C=O) groups is 1. The van der Waals surface area contributed by atoms with Crippen molar-refractivity contribution in [2.45, 2.75) is 33.1 Å². The topological polar surface area (TPSA) is 72.0 Å². The molecule has 0 bridgehead atoms. The quantitative estimate of drug-likeness (QED) is 0.798. The zero-order chi connectivity index (χ0) is 17.8. The van der Waals surface area contributed by atoms with Gasteiger partial charge in [0.1, 0.15) is 0 Å². The highest BCUT2D eigenvalue weighted by atomic mass is 32.1. The van der Waals surface area contributed by atoms with E-state index in [0.29, 0.717) is 6.54 Å². The predicted octanol–water partition coefficient (Wildman–Crippen LogP) is 4.22. The molecule has 0 saturated carbocycles. The minimum absolute atomic E-state index is 0. The molecule has 0 aromatic carbocycles. The molecule has 3 heterocycles. The average molecular weight is 394 g/mol. The van der Waals surface area contributed by atoms with Crippen LogP contribution in [0.2, 0.25) is 0 Å². The van der Waals surface area contributed by atoms with Crippen molar-refractivity contribution in [3.05, 3.63) is 49.9 Å². The summed E-state index contributed by atoms with van der Waals surface area (Å²) < 4.78 is 0. The van der Waals surface area contributed by atoms with Crippen LogP contribution in [-0.2, 0) is 4.79 Å². The summed E-state index contributed by atoms with van der Waals surface area (Å²) in [5, 5.41) is 13.6. The maximum atomic E-state index is 11.2. The van der Waals surface area contributed by atoms with Crippen LogP contribution in [0.1, 0.15) is 40.1 Å². The molecule has 1 aliphatic rings. The molecular formula is C20H27NO3S2. The molecule has 0 aliphatic carbocycles. The molecule has 1 fully saturated rings. The molecule has 3 N–H and O–H groups in total. The Labute approximate surface area is 163 Å². The number of rotatable bonds is 6. The Bertz CT molecular complexity index is 720. The van der Waals surface area contributed by atoms with E-state index >= 15 is 0 Å². The molecule has 1 atom stereocenters. The first-order valence-corrected chi connectivity index (χ1v) is 10.6. The summed E-state index contributed by atoms with van der Waals surface area (Å²) in [5.41, 5.74) is 3.99. The van der Waals surface area contributed by atoms with Crippen LogP contribution >= 0.6 is 22.7 Å². The first-order chi connectivity index (χ1) is 12.1. The number of nitrogens with zero attached hydrogens (tertiary/aromatic N) is 1. The molecule has 1 saturated heterocycles. The summed E-state index contributed by atoms with van der Waals surface area (Å²) in [6, 6.07) is 4.36. The van der Waals surface area contributed by atoms with Gasteiger partial charge in [-0.15, -0.1) is 22.7 Å². The third-order valence-corrected chi connectivity index (χ3v) is 6.96. The number of hydrogen-bond donors (Lipinski definition) is 1. The highest BCUT2D eigenvalue weighted by Crippen LogP contribution is 2.35. The van der Waals surface area contributed by atoms with E-state index in [-0.39, 0.29) is 11.4 Å².